The van der Waals surface area contributed by atoms with Gasteiger partial charge in [0.05, 0.1) is 30.8 Å². The van der Waals surface area contributed by atoms with Gasteiger partial charge in [0.1, 0.15) is 11.6 Å². The Morgan fingerprint density at radius 3 is 2.66 bits per heavy atom. The number of methoxy groups -OCH3 is 1. The maximum absolute atomic E-state index is 14.2. The molecule has 0 saturated heterocycles. The van der Waals surface area contributed by atoms with Crippen molar-refractivity contribution in [1.82, 2.24) is 14.5 Å². The minimum Gasteiger partial charge on any atom is -0.493 e. The van der Waals surface area contributed by atoms with Gasteiger partial charge >= 0.3 is 0 Å². The number of hydrogen-bond donors (Lipinski definition) is 0. The van der Waals surface area contributed by atoms with Gasteiger partial charge in [-0.3, -0.25) is 9.55 Å². The van der Waals surface area contributed by atoms with Crippen LogP contribution in [-0.2, 0) is 0 Å². The molecule has 1 fully saturated rings. The number of imidazole rings is 1. The van der Waals surface area contributed by atoms with Crippen LogP contribution in [0.5, 0.6) is 11.5 Å². The number of fused-ring (bicyclic) bond motifs is 1. The largest absolute Gasteiger partial charge is 0.493 e. The van der Waals surface area contributed by atoms with Gasteiger partial charge in [0.15, 0.2) is 23.1 Å². The lowest BCUT2D eigenvalue weighted by molar-refractivity contribution is 0.200. The van der Waals surface area contributed by atoms with Gasteiger partial charge < -0.3 is 9.47 Å². The van der Waals surface area contributed by atoms with Crippen molar-refractivity contribution in [2.75, 3.05) is 7.11 Å². The van der Waals surface area contributed by atoms with Gasteiger partial charge in [0.2, 0.25) is 5.69 Å². The van der Waals surface area contributed by atoms with E-state index >= 15 is 0 Å². The van der Waals surface area contributed by atoms with Crippen molar-refractivity contribution in [1.29, 1.82) is 0 Å². The molecule has 0 bridgehead atoms. The monoisotopic (exact) mass is 472 g/mol. The Balaban J connectivity index is 1.65. The molecule has 0 N–H and O–H groups in total. The molecule has 0 unspecified atom stereocenters. The summed E-state index contributed by atoms with van der Waals surface area (Å²) in [7, 11) is 1.60. The van der Waals surface area contributed by atoms with Crippen LogP contribution in [0, 0.1) is 18.2 Å². The standard InChI is InChI=1S/C27H22F2N4O2/c1-30-21-10-6-14-31-27(21)33-23-16-20(29)19(28)15-22(23)32-25(33)13-12-17-7-5-11-24(34-2)26(17)35-18-8-3-4-9-18/h5-7,10-16,18H,3-4,8-9H2,2H3/b13-12+. The van der Waals surface area contributed by atoms with E-state index in [9.17, 15) is 8.78 Å². The number of benzene rings is 2. The van der Waals surface area contributed by atoms with E-state index in [1.54, 1.807) is 36.1 Å². The zero-order valence-corrected chi connectivity index (χ0v) is 19.0. The molecule has 0 amide bonds. The van der Waals surface area contributed by atoms with Crippen LogP contribution in [0.4, 0.5) is 14.5 Å². The molecular weight excluding hydrogens is 450 g/mol. The molecule has 0 radical (unpaired) electrons. The quantitative estimate of drug-likeness (QED) is 0.291. The number of para-hydroxylation sites is 1. The van der Waals surface area contributed by atoms with E-state index in [0.29, 0.717) is 22.8 Å². The number of nitrogens with zero attached hydrogens (tertiary/aromatic N) is 4. The number of rotatable bonds is 6. The third-order valence-electron chi connectivity index (χ3n) is 6.05. The van der Waals surface area contributed by atoms with Crippen LogP contribution in [0.2, 0.25) is 0 Å². The lowest BCUT2D eigenvalue weighted by Crippen LogP contribution is -2.12. The van der Waals surface area contributed by atoms with Crippen LogP contribution in [0.1, 0.15) is 37.1 Å². The average molecular weight is 472 g/mol. The third-order valence-corrected chi connectivity index (χ3v) is 6.05. The smallest absolute Gasteiger partial charge is 0.229 e. The highest BCUT2D eigenvalue weighted by atomic mass is 19.2. The molecule has 2 aromatic carbocycles. The number of halogens is 2. The maximum Gasteiger partial charge on any atom is 0.229 e. The van der Waals surface area contributed by atoms with E-state index < -0.39 is 11.6 Å². The van der Waals surface area contributed by atoms with Gasteiger partial charge in [-0.15, -0.1) is 0 Å². The number of aromatic nitrogens is 3. The molecule has 4 aromatic rings. The summed E-state index contributed by atoms with van der Waals surface area (Å²) in [4.78, 5) is 12.4. The highest BCUT2D eigenvalue weighted by molar-refractivity contribution is 5.84. The minimum atomic E-state index is -1.01. The first kappa shape index (κ1) is 22.5. The molecule has 5 rings (SSSR count). The van der Waals surface area contributed by atoms with Crippen LogP contribution in [0.15, 0.2) is 48.7 Å². The number of hydrogen-bond acceptors (Lipinski definition) is 4. The lowest BCUT2D eigenvalue weighted by Gasteiger charge is -2.18. The van der Waals surface area contributed by atoms with Gasteiger partial charge in [-0.2, -0.15) is 0 Å². The van der Waals surface area contributed by atoms with E-state index in [1.807, 2.05) is 24.3 Å². The number of ether oxygens (including phenoxy) is 2. The second kappa shape index (κ2) is 9.55. The first-order valence-electron chi connectivity index (χ1n) is 11.3. The normalized spacial score (nSPS) is 14.0. The Labute approximate surface area is 201 Å². The van der Waals surface area contributed by atoms with Crippen molar-refractivity contribution in [3.05, 3.63) is 83.1 Å². The molecule has 1 aliphatic carbocycles. The summed E-state index contributed by atoms with van der Waals surface area (Å²) in [6, 6.07) is 11.0. The lowest BCUT2D eigenvalue weighted by atomic mass is 10.1. The highest BCUT2D eigenvalue weighted by Gasteiger charge is 2.21. The third kappa shape index (κ3) is 4.33. The van der Waals surface area contributed by atoms with E-state index in [1.165, 1.54) is 0 Å². The van der Waals surface area contributed by atoms with Crippen molar-refractivity contribution >= 4 is 28.9 Å². The van der Waals surface area contributed by atoms with E-state index in [4.69, 9.17) is 16.0 Å². The minimum absolute atomic E-state index is 0.128. The zero-order chi connectivity index (χ0) is 24.4. The Kier molecular flexibility index (Phi) is 6.15. The van der Waals surface area contributed by atoms with Crippen LogP contribution in [0.3, 0.4) is 0 Å². The molecule has 176 valence electrons. The van der Waals surface area contributed by atoms with Gasteiger partial charge in [-0.05, 0) is 43.9 Å². The summed E-state index contributed by atoms with van der Waals surface area (Å²) < 4.78 is 41.6. The molecule has 0 atom stereocenters. The Morgan fingerprint density at radius 2 is 1.89 bits per heavy atom. The maximum atomic E-state index is 14.2. The fourth-order valence-electron chi connectivity index (χ4n) is 4.36. The van der Waals surface area contributed by atoms with Crippen molar-refractivity contribution in [2.45, 2.75) is 31.8 Å². The van der Waals surface area contributed by atoms with Gasteiger partial charge in [-0.1, -0.05) is 24.3 Å². The van der Waals surface area contributed by atoms with Crippen molar-refractivity contribution in [3.8, 4) is 17.3 Å². The molecular formula is C27H22F2N4O2. The molecule has 0 spiro atoms. The van der Waals surface area contributed by atoms with E-state index in [-0.39, 0.29) is 23.1 Å². The first-order valence-corrected chi connectivity index (χ1v) is 11.3. The molecule has 2 heterocycles. The van der Waals surface area contributed by atoms with Gasteiger partial charge in [0.25, 0.3) is 0 Å². The van der Waals surface area contributed by atoms with Crippen molar-refractivity contribution < 1.29 is 18.3 Å². The summed E-state index contributed by atoms with van der Waals surface area (Å²) in [5.74, 6) is -0.0973. The molecule has 35 heavy (non-hydrogen) atoms. The summed E-state index contributed by atoms with van der Waals surface area (Å²) >= 11 is 0. The molecule has 0 aliphatic heterocycles. The predicted molar refractivity (Wildman–Crippen MR) is 130 cm³/mol. The molecule has 1 saturated carbocycles. The summed E-state index contributed by atoms with van der Waals surface area (Å²) in [5.41, 5.74) is 1.59. The van der Waals surface area contributed by atoms with Crippen LogP contribution in [0.25, 0.3) is 33.8 Å². The van der Waals surface area contributed by atoms with Crippen LogP contribution < -0.4 is 9.47 Å². The van der Waals surface area contributed by atoms with E-state index in [2.05, 4.69) is 14.8 Å². The van der Waals surface area contributed by atoms with Gasteiger partial charge in [0, 0.05) is 23.9 Å². The van der Waals surface area contributed by atoms with Crippen molar-refractivity contribution in [3.63, 3.8) is 0 Å². The zero-order valence-electron chi connectivity index (χ0n) is 19.0. The van der Waals surface area contributed by atoms with Crippen LogP contribution in [-0.4, -0.2) is 27.7 Å². The SMILES string of the molecule is [C-]#[N+]c1cccnc1-n1c(/C=C/c2cccc(OC)c2OC2CCCC2)nc2cc(F)c(F)cc21. The number of pyridine rings is 1. The average Bonchev–Trinajstić information content (AvgIpc) is 3.51. The second-order valence-corrected chi connectivity index (χ2v) is 8.25. The Bertz CT molecular complexity index is 1470. The molecule has 8 heteroatoms. The first-order chi connectivity index (χ1) is 17.1. The molecule has 1 aliphatic rings. The predicted octanol–water partition coefficient (Wildman–Crippen LogP) is 6.75. The fraction of sp³-hybridized carbons (Fsp3) is 0.222. The highest BCUT2D eigenvalue weighted by Crippen LogP contribution is 2.36. The summed E-state index contributed by atoms with van der Waals surface area (Å²) in [5, 5.41) is 0. The van der Waals surface area contributed by atoms with Gasteiger partial charge in [-0.25, -0.2) is 18.6 Å². The Morgan fingerprint density at radius 1 is 1.09 bits per heavy atom. The summed E-state index contributed by atoms with van der Waals surface area (Å²) in [6.45, 7) is 7.53. The Hall–Kier alpha value is -4.25. The van der Waals surface area contributed by atoms with E-state index in [0.717, 1.165) is 43.4 Å². The van der Waals surface area contributed by atoms with Crippen LogP contribution >= 0.6 is 0 Å². The van der Waals surface area contributed by atoms with Crippen molar-refractivity contribution in [2.24, 2.45) is 0 Å². The topological polar surface area (TPSA) is 53.5 Å². The summed E-state index contributed by atoms with van der Waals surface area (Å²) in [6.07, 6.45) is 9.46. The second-order valence-electron chi connectivity index (χ2n) is 8.25. The fourth-order valence-corrected chi connectivity index (χ4v) is 4.36. The molecule has 6 nitrogen and oxygen atoms in total. The molecule has 2 aromatic heterocycles.